The van der Waals surface area contributed by atoms with Crippen molar-refractivity contribution in [2.45, 2.75) is 44.2 Å². The zero-order valence-corrected chi connectivity index (χ0v) is 10.1. The van der Waals surface area contributed by atoms with Crippen LogP contribution >= 0.6 is 0 Å². The van der Waals surface area contributed by atoms with Gasteiger partial charge in [-0.1, -0.05) is 6.42 Å². The minimum atomic E-state index is 0.422. The van der Waals surface area contributed by atoms with Crippen LogP contribution in [0.25, 0.3) is 0 Å². The first-order valence-corrected chi connectivity index (χ1v) is 6.87. The molecule has 3 heteroatoms. The van der Waals surface area contributed by atoms with Crippen molar-refractivity contribution in [3.63, 3.8) is 0 Å². The van der Waals surface area contributed by atoms with Crippen molar-refractivity contribution in [3.05, 3.63) is 0 Å². The van der Waals surface area contributed by atoms with Gasteiger partial charge in [0.05, 0.1) is 19.8 Å². The van der Waals surface area contributed by atoms with Crippen molar-refractivity contribution in [1.82, 2.24) is 4.90 Å². The van der Waals surface area contributed by atoms with Crippen molar-refractivity contribution >= 4 is 0 Å². The number of epoxide rings is 1. The number of nitrogens with zero attached hydrogens (tertiary/aromatic N) is 1. The van der Waals surface area contributed by atoms with E-state index in [1.165, 1.54) is 45.2 Å². The first-order valence-electron chi connectivity index (χ1n) is 6.87. The summed E-state index contributed by atoms with van der Waals surface area (Å²) in [6, 6.07) is 0.822. The van der Waals surface area contributed by atoms with E-state index in [0.29, 0.717) is 6.10 Å². The Morgan fingerprint density at radius 3 is 2.81 bits per heavy atom. The molecule has 0 aromatic rings. The predicted molar refractivity (Wildman–Crippen MR) is 62.5 cm³/mol. The summed E-state index contributed by atoms with van der Waals surface area (Å²) in [4.78, 5) is 2.70. The second kappa shape index (κ2) is 5.03. The summed E-state index contributed by atoms with van der Waals surface area (Å²) >= 11 is 0. The van der Waals surface area contributed by atoms with Gasteiger partial charge >= 0.3 is 0 Å². The third-order valence-corrected chi connectivity index (χ3v) is 4.27. The maximum Gasteiger partial charge on any atom is 0.104 e. The normalized spacial score (nSPS) is 39.4. The molecule has 0 saturated carbocycles. The average Bonchev–Trinajstić information content (AvgIpc) is 3.13. The minimum absolute atomic E-state index is 0.422. The summed E-state index contributed by atoms with van der Waals surface area (Å²) in [5.41, 5.74) is 0. The van der Waals surface area contributed by atoms with Crippen LogP contribution in [0.15, 0.2) is 0 Å². The molecule has 0 aliphatic carbocycles. The highest BCUT2D eigenvalue weighted by Crippen LogP contribution is 2.31. The molecule has 0 bridgehead atoms. The molecule has 3 fully saturated rings. The number of fused-ring (bicyclic) bond motifs is 1. The lowest BCUT2D eigenvalue weighted by Gasteiger charge is -2.44. The lowest BCUT2D eigenvalue weighted by atomic mass is 9.84. The van der Waals surface area contributed by atoms with E-state index in [1.807, 2.05) is 0 Å². The van der Waals surface area contributed by atoms with E-state index in [4.69, 9.17) is 9.47 Å². The summed E-state index contributed by atoms with van der Waals surface area (Å²) in [6.07, 6.45) is 7.38. The molecule has 0 amide bonds. The van der Waals surface area contributed by atoms with Crippen LogP contribution in [-0.4, -0.2) is 50.0 Å². The summed E-state index contributed by atoms with van der Waals surface area (Å²) in [5, 5.41) is 0. The maximum absolute atomic E-state index is 5.79. The van der Waals surface area contributed by atoms with E-state index in [2.05, 4.69) is 4.90 Å². The van der Waals surface area contributed by atoms with Gasteiger partial charge in [-0.3, -0.25) is 0 Å². The predicted octanol–water partition coefficient (Wildman–Crippen LogP) is 1.67. The molecule has 16 heavy (non-hydrogen) atoms. The molecule has 0 radical (unpaired) electrons. The third kappa shape index (κ3) is 2.58. The van der Waals surface area contributed by atoms with Gasteiger partial charge in [-0.25, -0.2) is 0 Å². The van der Waals surface area contributed by atoms with Crippen LogP contribution in [-0.2, 0) is 9.47 Å². The Morgan fingerprint density at radius 1 is 1.06 bits per heavy atom. The van der Waals surface area contributed by atoms with Gasteiger partial charge in [-0.15, -0.1) is 0 Å². The van der Waals surface area contributed by atoms with Crippen LogP contribution in [0.1, 0.15) is 32.1 Å². The van der Waals surface area contributed by atoms with Crippen LogP contribution in [0.4, 0.5) is 0 Å². The van der Waals surface area contributed by atoms with Gasteiger partial charge < -0.3 is 14.4 Å². The summed E-state index contributed by atoms with van der Waals surface area (Å²) in [6.45, 7) is 5.35. The Labute approximate surface area is 98.1 Å². The molecule has 0 aromatic carbocycles. The van der Waals surface area contributed by atoms with E-state index in [0.717, 1.165) is 31.8 Å². The second-order valence-corrected chi connectivity index (χ2v) is 5.49. The molecule has 3 heterocycles. The Balaban J connectivity index is 1.47. The Morgan fingerprint density at radius 2 is 1.94 bits per heavy atom. The topological polar surface area (TPSA) is 25.0 Å². The van der Waals surface area contributed by atoms with Crippen LogP contribution in [0.5, 0.6) is 0 Å². The number of hydrogen-bond acceptors (Lipinski definition) is 3. The van der Waals surface area contributed by atoms with Gasteiger partial charge in [0.2, 0.25) is 0 Å². The molecular weight excluding hydrogens is 202 g/mol. The summed E-state index contributed by atoms with van der Waals surface area (Å²) in [5.74, 6) is 0.785. The highest BCUT2D eigenvalue weighted by atomic mass is 16.6. The highest BCUT2D eigenvalue weighted by Gasteiger charge is 2.33. The molecule has 92 valence electrons. The first kappa shape index (κ1) is 11.0. The SMILES string of the molecule is C1CCN2CCC[C@H](COC[C@@H]3CO3)[C@H]2C1. The fourth-order valence-corrected chi connectivity index (χ4v) is 3.29. The average molecular weight is 225 g/mol. The fraction of sp³-hybridized carbons (Fsp3) is 1.00. The lowest BCUT2D eigenvalue weighted by molar-refractivity contribution is 0.000764. The number of hydrogen-bond donors (Lipinski definition) is 0. The van der Waals surface area contributed by atoms with Gasteiger partial charge in [0.15, 0.2) is 0 Å². The Hall–Kier alpha value is -0.120. The standard InChI is InChI=1S/C13H23NO2/c1-2-6-14-7-3-4-11(13(14)5-1)8-15-9-12-10-16-12/h11-13H,1-10H2/t11-,12-,13-/m1/s1. The third-order valence-electron chi connectivity index (χ3n) is 4.27. The van der Waals surface area contributed by atoms with E-state index in [-0.39, 0.29) is 0 Å². The van der Waals surface area contributed by atoms with Crippen molar-refractivity contribution in [2.75, 3.05) is 32.9 Å². The molecule has 3 aliphatic rings. The van der Waals surface area contributed by atoms with Crippen molar-refractivity contribution in [2.24, 2.45) is 5.92 Å². The summed E-state index contributed by atoms with van der Waals surface area (Å²) < 4.78 is 11.0. The van der Waals surface area contributed by atoms with Crippen molar-refractivity contribution in [1.29, 1.82) is 0 Å². The molecule has 0 spiro atoms. The van der Waals surface area contributed by atoms with Gasteiger partial charge in [-0.05, 0) is 44.7 Å². The molecular formula is C13H23NO2. The van der Waals surface area contributed by atoms with Crippen LogP contribution < -0.4 is 0 Å². The minimum Gasteiger partial charge on any atom is -0.378 e. The van der Waals surface area contributed by atoms with E-state index in [9.17, 15) is 0 Å². The zero-order valence-electron chi connectivity index (χ0n) is 10.1. The molecule has 0 N–H and O–H groups in total. The monoisotopic (exact) mass is 225 g/mol. The smallest absolute Gasteiger partial charge is 0.104 e. The largest absolute Gasteiger partial charge is 0.378 e. The van der Waals surface area contributed by atoms with Crippen LogP contribution in [0, 0.1) is 5.92 Å². The van der Waals surface area contributed by atoms with Crippen LogP contribution in [0.3, 0.4) is 0 Å². The molecule has 0 unspecified atom stereocenters. The van der Waals surface area contributed by atoms with Gasteiger partial charge in [-0.2, -0.15) is 0 Å². The number of piperidine rings is 2. The first-order chi connectivity index (χ1) is 7.93. The summed E-state index contributed by atoms with van der Waals surface area (Å²) in [7, 11) is 0. The van der Waals surface area contributed by atoms with Gasteiger partial charge in [0.25, 0.3) is 0 Å². The van der Waals surface area contributed by atoms with Crippen LogP contribution in [0.2, 0.25) is 0 Å². The molecule has 3 nitrogen and oxygen atoms in total. The molecule has 3 aliphatic heterocycles. The van der Waals surface area contributed by atoms with E-state index < -0.39 is 0 Å². The van der Waals surface area contributed by atoms with Crippen molar-refractivity contribution in [3.8, 4) is 0 Å². The maximum atomic E-state index is 5.79. The zero-order chi connectivity index (χ0) is 10.8. The Bertz CT molecular complexity index is 228. The molecule has 3 saturated heterocycles. The lowest BCUT2D eigenvalue weighted by Crippen LogP contribution is -2.49. The van der Waals surface area contributed by atoms with Gasteiger partial charge in [0.1, 0.15) is 6.10 Å². The quantitative estimate of drug-likeness (QED) is 0.680. The Kier molecular flexibility index (Phi) is 3.46. The molecule has 3 atom stereocenters. The molecule has 3 rings (SSSR count). The molecule has 0 aromatic heterocycles. The number of rotatable bonds is 4. The number of ether oxygens (including phenoxy) is 2. The van der Waals surface area contributed by atoms with E-state index >= 15 is 0 Å². The van der Waals surface area contributed by atoms with Gasteiger partial charge in [0, 0.05) is 6.04 Å². The highest BCUT2D eigenvalue weighted by molar-refractivity contribution is 4.87. The fourth-order valence-electron chi connectivity index (χ4n) is 3.29. The van der Waals surface area contributed by atoms with Crippen molar-refractivity contribution < 1.29 is 9.47 Å². The van der Waals surface area contributed by atoms with E-state index in [1.54, 1.807) is 0 Å². The second-order valence-electron chi connectivity index (χ2n) is 5.49.